The molecule has 3 aromatic rings. The maximum Gasteiger partial charge on any atom is 0.415 e. The molecular weight excluding hydrogens is 425 g/mol. The minimum absolute atomic E-state index is 0.0344. The summed E-state index contributed by atoms with van der Waals surface area (Å²) in [6.07, 6.45) is 3.78. The van der Waals surface area contributed by atoms with E-state index in [1.54, 1.807) is 18.2 Å². The van der Waals surface area contributed by atoms with Gasteiger partial charge in [0.15, 0.2) is 11.5 Å². The van der Waals surface area contributed by atoms with E-state index in [0.717, 1.165) is 19.1 Å². The summed E-state index contributed by atoms with van der Waals surface area (Å²) < 4.78 is 21.7. The van der Waals surface area contributed by atoms with Crippen LogP contribution in [0.5, 0.6) is 0 Å². The summed E-state index contributed by atoms with van der Waals surface area (Å²) in [5, 5.41) is 11.8. The number of para-hydroxylation sites is 1. The molecule has 0 radical (unpaired) electrons. The number of rotatable bonds is 6. The van der Waals surface area contributed by atoms with Gasteiger partial charge in [0.05, 0.1) is 23.6 Å². The summed E-state index contributed by atoms with van der Waals surface area (Å²) in [7, 11) is 0. The van der Waals surface area contributed by atoms with Crippen molar-refractivity contribution in [3.8, 4) is 5.69 Å². The second-order valence-electron chi connectivity index (χ2n) is 8.05. The molecule has 1 amide bonds. The van der Waals surface area contributed by atoms with Crippen LogP contribution in [0, 0.1) is 11.2 Å². The Labute approximate surface area is 188 Å². The second kappa shape index (κ2) is 8.09. The van der Waals surface area contributed by atoms with E-state index in [-0.39, 0.29) is 23.2 Å². The van der Waals surface area contributed by atoms with Gasteiger partial charge in [-0.25, -0.2) is 13.9 Å². The van der Waals surface area contributed by atoms with Gasteiger partial charge in [-0.2, -0.15) is 5.10 Å². The molecule has 1 saturated heterocycles. The first-order chi connectivity index (χ1) is 16.0. The first kappa shape index (κ1) is 20.7. The van der Waals surface area contributed by atoms with Crippen molar-refractivity contribution < 1.29 is 13.9 Å². The van der Waals surface area contributed by atoms with Gasteiger partial charge in [-0.05, 0) is 43.2 Å². The molecular formula is C24H20FN5O3. The van der Waals surface area contributed by atoms with Crippen LogP contribution in [0.4, 0.5) is 20.6 Å². The molecule has 33 heavy (non-hydrogen) atoms. The average molecular weight is 445 g/mol. The fraction of sp³-hybridized carbons (Fsp3) is 0.208. The molecule has 2 aliphatic rings. The molecule has 1 spiro atoms. The molecule has 1 N–H and O–H groups in total. The number of nitrogens with zero attached hydrogens (tertiary/aromatic N) is 4. The number of aliphatic imine (C=N–C) groups is 1. The first-order valence-corrected chi connectivity index (χ1v) is 10.5. The smallest absolute Gasteiger partial charge is 0.415 e. The van der Waals surface area contributed by atoms with Gasteiger partial charge in [-0.15, -0.1) is 0 Å². The minimum atomic E-state index is -0.604. The zero-order valence-corrected chi connectivity index (χ0v) is 17.6. The summed E-state index contributed by atoms with van der Waals surface area (Å²) in [6, 6.07) is 14.7. The Balaban J connectivity index is 1.50. The van der Waals surface area contributed by atoms with E-state index in [1.165, 1.54) is 34.0 Å². The van der Waals surface area contributed by atoms with Crippen LogP contribution in [0.1, 0.15) is 25.0 Å². The Morgan fingerprint density at radius 3 is 2.64 bits per heavy atom. The molecule has 0 atom stereocenters. The van der Waals surface area contributed by atoms with Crippen molar-refractivity contribution in [2.24, 2.45) is 4.99 Å². The zero-order chi connectivity index (χ0) is 23.0. The zero-order valence-electron chi connectivity index (χ0n) is 17.6. The maximum absolute atomic E-state index is 15.1. The molecule has 0 unspecified atom stereocenters. The van der Waals surface area contributed by atoms with Crippen LogP contribution in [-0.2, 0) is 4.74 Å². The molecule has 0 bridgehead atoms. The van der Waals surface area contributed by atoms with Gasteiger partial charge in [-0.3, -0.25) is 14.7 Å². The largest absolute Gasteiger partial charge is 0.441 e. The Kier molecular flexibility index (Phi) is 5.08. The Hall–Kier alpha value is -4.14. The van der Waals surface area contributed by atoms with E-state index in [4.69, 9.17) is 10.1 Å². The topological polar surface area (TPSA) is 101 Å². The molecule has 1 aliphatic heterocycles. The maximum atomic E-state index is 15.1. The summed E-state index contributed by atoms with van der Waals surface area (Å²) >= 11 is 0. The van der Waals surface area contributed by atoms with Gasteiger partial charge < -0.3 is 10.1 Å². The van der Waals surface area contributed by atoms with Crippen LogP contribution < -0.4 is 10.3 Å². The highest BCUT2D eigenvalue weighted by atomic mass is 19.1. The van der Waals surface area contributed by atoms with Crippen molar-refractivity contribution in [1.82, 2.24) is 9.78 Å². The average Bonchev–Trinajstić information content (AvgIpc) is 3.48. The van der Waals surface area contributed by atoms with Gasteiger partial charge in [0.1, 0.15) is 11.3 Å². The fourth-order valence-corrected chi connectivity index (χ4v) is 3.76. The van der Waals surface area contributed by atoms with Gasteiger partial charge in [-0.1, -0.05) is 18.2 Å². The molecule has 1 saturated carbocycles. The number of carbonyl (C=O) groups excluding carboxylic acids is 1. The highest BCUT2D eigenvalue weighted by Gasteiger charge is 2.54. The van der Waals surface area contributed by atoms with Crippen molar-refractivity contribution in [3.05, 3.63) is 82.5 Å². The van der Waals surface area contributed by atoms with Crippen LogP contribution >= 0.6 is 0 Å². The van der Waals surface area contributed by atoms with E-state index in [1.807, 2.05) is 18.2 Å². The number of aromatic nitrogens is 2. The minimum Gasteiger partial charge on any atom is -0.441 e. The molecule has 9 heteroatoms. The van der Waals surface area contributed by atoms with Crippen molar-refractivity contribution in [2.75, 3.05) is 11.4 Å². The van der Waals surface area contributed by atoms with Crippen LogP contribution in [0.25, 0.3) is 5.69 Å². The normalized spacial score (nSPS) is 16.7. The standard InChI is InChI=1S/C24H20FN5O3/c25-18-14-17(29-15-24(10-11-24)33-23(29)32)6-7-20(18)30-13-9-21(31)22(28-30)19(8-12-26)27-16-4-2-1-3-5-16/h1-7,9,12-14,26H,8,10-11,15H2. The van der Waals surface area contributed by atoms with E-state index >= 15 is 4.39 Å². The molecule has 2 aromatic carbocycles. The lowest BCUT2D eigenvalue weighted by Gasteiger charge is -2.15. The van der Waals surface area contributed by atoms with E-state index in [9.17, 15) is 9.59 Å². The number of amides is 1. The van der Waals surface area contributed by atoms with Gasteiger partial charge in [0, 0.05) is 24.9 Å². The van der Waals surface area contributed by atoms with Crippen LogP contribution in [0.3, 0.4) is 0 Å². The third-order valence-electron chi connectivity index (χ3n) is 5.67. The third-order valence-corrected chi connectivity index (χ3v) is 5.67. The van der Waals surface area contributed by atoms with Gasteiger partial charge >= 0.3 is 6.09 Å². The number of hydrogen-bond acceptors (Lipinski definition) is 6. The van der Waals surface area contributed by atoms with Crippen molar-refractivity contribution in [2.45, 2.75) is 24.9 Å². The SMILES string of the molecule is N=CCC(=Nc1ccccc1)c1nn(-c2ccc(N3CC4(CC4)OC3=O)cc2F)ccc1=O. The summed E-state index contributed by atoms with van der Waals surface area (Å²) in [4.78, 5) is 30.6. The lowest BCUT2D eigenvalue weighted by atomic mass is 10.2. The number of hydrogen-bond donors (Lipinski definition) is 1. The number of ether oxygens (including phenoxy) is 1. The molecule has 2 fully saturated rings. The Morgan fingerprint density at radius 2 is 1.97 bits per heavy atom. The second-order valence-corrected chi connectivity index (χ2v) is 8.05. The predicted octanol–water partition coefficient (Wildman–Crippen LogP) is 4.02. The molecule has 1 aliphatic carbocycles. The lowest BCUT2D eigenvalue weighted by molar-refractivity contribution is 0.129. The summed E-state index contributed by atoms with van der Waals surface area (Å²) in [5.74, 6) is -0.604. The molecule has 1 aromatic heterocycles. The van der Waals surface area contributed by atoms with Crippen LogP contribution in [0.15, 0.2) is 70.6 Å². The highest BCUT2D eigenvalue weighted by molar-refractivity contribution is 6.06. The summed E-state index contributed by atoms with van der Waals surface area (Å²) in [6.45, 7) is 0.411. The van der Waals surface area contributed by atoms with E-state index in [2.05, 4.69) is 10.1 Å². The molecule has 2 heterocycles. The van der Waals surface area contributed by atoms with Gasteiger partial charge in [0.25, 0.3) is 0 Å². The van der Waals surface area contributed by atoms with Crippen molar-refractivity contribution >= 4 is 29.4 Å². The van der Waals surface area contributed by atoms with Crippen molar-refractivity contribution in [1.29, 1.82) is 5.41 Å². The van der Waals surface area contributed by atoms with Gasteiger partial charge in [0.2, 0.25) is 5.43 Å². The highest BCUT2D eigenvalue weighted by Crippen LogP contribution is 2.45. The van der Waals surface area contributed by atoms with Crippen LogP contribution in [-0.4, -0.2) is 39.9 Å². The fourth-order valence-electron chi connectivity index (χ4n) is 3.76. The first-order valence-electron chi connectivity index (χ1n) is 10.5. The van der Waals surface area contributed by atoms with E-state index < -0.39 is 17.5 Å². The Morgan fingerprint density at radius 1 is 1.18 bits per heavy atom. The van der Waals surface area contributed by atoms with Crippen LogP contribution in [0.2, 0.25) is 0 Å². The quantitative estimate of drug-likeness (QED) is 0.579. The number of nitrogens with one attached hydrogen (secondary N) is 1. The van der Waals surface area contributed by atoms with E-state index in [0.29, 0.717) is 23.6 Å². The van der Waals surface area contributed by atoms with Crippen molar-refractivity contribution in [3.63, 3.8) is 0 Å². The number of anilines is 1. The number of benzene rings is 2. The molecule has 8 nitrogen and oxygen atoms in total. The number of carbonyl (C=O) groups is 1. The monoisotopic (exact) mass is 445 g/mol. The Bertz CT molecular complexity index is 1330. The third kappa shape index (κ3) is 4.05. The predicted molar refractivity (Wildman–Crippen MR) is 122 cm³/mol. The lowest BCUT2D eigenvalue weighted by Crippen LogP contribution is -2.25. The molecule has 5 rings (SSSR count). The molecule has 166 valence electrons. The summed E-state index contributed by atoms with van der Waals surface area (Å²) in [5.41, 5.74) is 0.685. The number of halogens is 1.